The number of allylic oxidation sites excluding steroid dienone is 1. The normalized spacial score (nSPS) is 11.5. The molecule has 0 saturated heterocycles. The molecule has 0 radical (unpaired) electrons. The minimum Gasteiger partial charge on any atom is -0.298 e. The van der Waals surface area contributed by atoms with Gasteiger partial charge in [-0.15, -0.1) is 0 Å². The highest BCUT2D eigenvalue weighted by Gasteiger charge is 1.96. The number of hydrogen-bond acceptors (Lipinski definition) is 1. The van der Waals surface area contributed by atoms with Crippen LogP contribution < -0.4 is 0 Å². The van der Waals surface area contributed by atoms with Gasteiger partial charge in [-0.2, -0.15) is 0 Å². The van der Waals surface area contributed by atoms with Gasteiger partial charge in [0, 0.05) is 13.1 Å². The number of unbranched alkanes of at least 4 members (excludes halogenated alkanes) is 3. The molecule has 17 heavy (non-hydrogen) atoms. The number of hydrogen-bond donors (Lipinski definition) is 0. The summed E-state index contributed by atoms with van der Waals surface area (Å²) in [4.78, 5) is 2.34. The fraction of sp³-hybridized carbons (Fsp3) is 0.500. The fourth-order valence-corrected chi connectivity index (χ4v) is 1.84. The number of benzene rings is 1. The molecule has 0 aliphatic heterocycles. The molecule has 1 aromatic rings. The summed E-state index contributed by atoms with van der Waals surface area (Å²) in [6.45, 7) is 4.32. The second-order valence-corrected chi connectivity index (χ2v) is 4.65. The van der Waals surface area contributed by atoms with Crippen LogP contribution in [0.3, 0.4) is 0 Å². The van der Waals surface area contributed by atoms with E-state index in [2.05, 4.69) is 61.4 Å². The van der Waals surface area contributed by atoms with Gasteiger partial charge in [0.15, 0.2) is 0 Å². The predicted molar refractivity (Wildman–Crippen MR) is 76.1 cm³/mol. The van der Waals surface area contributed by atoms with E-state index in [1.54, 1.807) is 0 Å². The third-order valence-corrected chi connectivity index (χ3v) is 2.85. The molecule has 94 valence electrons. The Balaban J connectivity index is 2.15. The van der Waals surface area contributed by atoms with Gasteiger partial charge in [0.25, 0.3) is 0 Å². The molecule has 0 unspecified atom stereocenters. The predicted octanol–water partition coefficient (Wildman–Crippen LogP) is 4.25. The van der Waals surface area contributed by atoms with E-state index in [1.165, 1.54) is 31.2 Å². The average Bonchev–Trinajstić information content (AvgIpc) is 2.35. The van der Waals surface area contributed by atoms with Gasteiger partial charge in [0.05, 0.1) is 0 Å². The first kappa shape index (κ1) is 14.0. The maximum Gasteiger partial charge on any atom is 0.0233 e. The van der Waals surface area contributed by atoms with Crippen molar-refractivity contribution >= 4 is 0 Å². The standard InChI is InChI=1S/C16H25N/c1-3-4-5-6-7-11-14-17(2)15-16-12-9-8-10-13-16/h7-13H,3-6,14-15H2,1-2H3/b11-7+. The number of rotatable bonds is 8. The molecule has 0 aromatic heterocycles. The highest BCUT2D eigenvalue weighted by atomic mass is 15.1. The van der Waals surface area contributed by atoms with Crippen molar-refractivity contribution in [1.82, 2.24) is 4.90 Å². The van der Waals surface area contributed by atoms with Gasteiger partial charge < -0.3 is 0 Å². The zero-order chi connectivity index (χ0) is 12.3. The van der Waals surface area contributed by atoms with Crippen LogP contribution in [0.15, 0.2) is 42.5 Å². The Kier molecular flexibility index (Phi) is 7.40. The van der Waals surface area contributed by atoms with Crippen molar-refractivity contribution in [1.29, 1.82) is 0 Å². The number of nitrogens with zero attached hydrogens (tertiary/aromatic N) is 1. The van der Waals surface area contributed by atoms with Crippen molar-refractivity contribution < 1.29 is 0 Å². The summed E-state index contributed by atoms with van der Waals surface area (Å²) in [5, 5.41) is 0. The molecule has 0 aliphatic carbocycles. The number of likely N-dealkylation sites (N-methyl/N-ethyl adjacent to an activating group) is 1. The molecule has 1 rings (SSSR count). The molecule has 1 nitrogen and oxygen atoms in total. The second-order valence-electron chi connectivity index (χ2n) is 4.65. The van der Waals surface area contributed by atoms with Crippen molar-refractivity contribution in [2.24, 2.45) is 0 Å². The zero-order valence-electron chi connectivity index (χ0n) is 11.2. The molecule has 1 aromatic carbocycles. The molecule has 0 bridgehead atoms. The molecule has 0 N–H and O–H groups in total. The third-order valence-electron chi connectivity index (χ3n) is 2.85. The minimum absolute atomic E-state index is 1.03. The summed E-state index contributed by atoms with van der Waals surface area (Å²) >= 11 is 0. The van der Waals surface area contributed by atoms with Crippen molar-refractivity contribution in [3.8, 4) is 0 Å². The van der Waals surface area contributed by atoms with Gasteiger partial charge in [-0.3, -0.25) is 4.90 Å². The molecular formula is C16H25N. The summed E-state index contributed by atoms with van der Waals surface area (Å²) in [5.41, 5.74) is 1.38. The van der Waals surface area contributed by atoms with Crippen molar-refractivity contribution in [3.05, 3.63) is 48.0 Å². The van der Waals surface area contributed by atoms with Crippen LogP contribution in [0, 0.1) is 0 Å². The van der Waals surface area contributed by atoms with E-state index in [0.29, 0.717) is 0 Å². The average molecular weight is 231 g/mol. The van der Waals surface area contributed by atoms with Gasteiger partial charge in [-0.1, -0.05) is 62.2 Å². The van der Waals surface area contributed by atoms with Gasteiger partial charge in [-0.05, 0) is 25.5 Å². The highest BCUT2D eigenvalue weighted by molar-refractivity contribution is 5.14. The smallest absolute Gasteiger partial charge is 0.0233 e. The van der Waals surface area contributed by atoms with E-state index in [1.807, 2.05) is 0 Å². The Hall–Kier alpha value is -1.08. The van der Waals surface area contributed by atoms with E-state index in [4.69, 9.17) is 0 Å². The van der Waals surface area contributed by atoms with Crippen LogP contribution in [0.4, 0.5) is 0 Å². The van der Waals surface area contributed by atoms with Crippen LogP contribution in [-0.4, -0.2) is 18.5 Å². The lowest BCUT2D eigenvalue weighted by atomic mass is 10.2. The second kappa shape index (κ2) is 9.00. The van der Waals surface area contributed by atoms with E-state index >= 15 is 0 Å². The van der Waals surface area contributed by atoms with Crippen LogP contribution in [0.5, 0.6) is 0 Å². The lowest BCUT2D eigenvalue weighted by molar-refractivity contribution is 0.363. The SMILES string of the molecule is CCCCC/C=C/CN(C)Cc1ccccc1. The molecule has 0 heterocycles. The first-order valence-corrected chi connectivity index (χ1v) is 6.70. The van der Waals surface area contributed by atoms with Gasteiger partial charge in [-0.25, -0.2) is 0 Å². The van der Waals surface area contributed by atoms with Crippen molar-refractivity contribution in [2.75, 3.05) is 13.6 Å². The fourth-order valence-electron chi connectivity index (χ4n) is 1.84. The summed E-state index contributed by atoms with van der Waals surface area (Å²) in [6, 6.07) is 10.6. The molecule has 0 spiro atoms. The van der Waals surface area contributed by atoms with Crippen LogP contribution in [0.25, 0.3) is 0 Å². The van der Waals surface area contributed by atoms with E-state index in [9.17, 15) is 0 Å². The molecule has 0 aliphatic rings. The Morgan fingerprint density at radius 2 is 1.82 bits per heavy atom. The van der Waals surface area contributed by atoms with Crippen LogP contribution in [0.1, 0.15) is 38.2 Å². The van der Waals surface area contributed by atoms with Gasteiger partial charge in [0.2, 0.25) is 0 Å². The summed E-state index contributed by atoms with van der Waals surface area (Å²) in [7, 11) is 2.17. The van der Waals surface area contributed by atoms with E-state index < -0.39 is 0 Å². The Labute approximate surface area is 106 Å². The largest absolute Gasteiger partial charge is 0.298 e. The zero-order valence-corrected chi connectivity index (χ0v) is 11.2. The highest BCUT2D eigenvalue weighted by Crippen LogP contribution is 2.03. The van der Waals surface area contributed by atoms with Crippen molar-refractivity contribution in [3.63, 3.8) is 0 Å². The van der Waals surface area contributed by atoms with Crippen LogP contribution in [0.2, 0.25) is 0 Å². The Bertz CT molecular complexity index is 303. The summed E-state index contributed by atoms with van der Waals surface area (Å²) in [5.74, 6) is 0. The van der Waals surface area contributed by atoms with Gasteiger partial charge in [0.1, 0.15) is 0 Å². The van der Waals surface area contributed by atoms with Crippen LogP contribution >= 0.6 is 0 Å². The Morgan fingerprint density at radius 3 is 2.53 bits per heavy atom. The maximum atomic E-state index is 2.34. The van der Waals surface area contributed by atoms with E-state index in [-0.39, 0.29) is 0 Å². The molecule has 1 heteroatoms. The molecule has 0 fully saturated rings. The molecule has 0 saturated carbocycles. The van der Waals surface area contributed by atoms with E-state index in [0.717, 1.165) is 13.1 Å². The summed E-state index contributed by atoms with van der Waals surface area (Å²) < 4.78 is 0. The van der Waals surface area contributed by atoms with Crippen molar-refractivity contribution in [2.45, 2.75) is 39.2 Å². The Morgan fingerprint density at radius 1 is 1.06 bits per heavy atom. The lowest BCUT2D eigenvalue weighted by Gasteiger charge is -2.14. The molecule has 0 amide bonds. The minimum atomic E-state index is 1.03. The van der Waals surface area contributed by atoms with Gasteiger partial charge >= 0.3 is 0 Å². The topological polar surface area (TPSA) is 3.24 Å². The molecular weight excluding hydrogens is 206 g/mol. The van der Waals surface area contributed by atoms with Crippen LogP contribution in [-0.2, 0) is 6.54 Å². The summed E-state index contributed by atoms with van der Waals surface area (Å²) in [6.07, 6.45) is 9.82. The monoisotopic (exact) mass is 231 g/mol. The third kappa shape index (κ3) is 6.96. The first-order chi connectivity index (χ1) is 8.33. The maximum absolute atomic E-state index is 2.34. The first-order valence-electron chi connectivity index (χ1n) is 6.70. The molecule has 0 atom stereocenters. The lowest BCUT2D eigenvalue weighted by Crippen LogP contribution is -2.17. The quantitative estimate of drug-likeness (QED) is 0.477.